The van der Waals surface area contributed by atoms with Crippen LogP contribution in [0, 0.1) is 0 Å². The standard InChI is InChI=1S/C12H18N2O/c1-9(2)12-4-3-10(8-14-12)15-11-5-6-13-7-11/h3-4,8-9,11,13H,5-7H2,1-2H3/t11-/m0/s1. The van der Waals surface area contributed by atoms with Gasteiger partial charge in [-0.1, -0.05) is 13.8 Å². The van der Waals surface area contributed by atoms with Gasteiger partial charge < -0.3 is 10.1 Å². The van der Waals surface area contributed by atoms with Gasteiger partial charge in [-0.2, -0.15) is 0 Å². The molecule has 0 unspecified atom stereocenters. The topological polar surface area (TPSA) is 34.1 Å². The van der Waals surface area contributed by atoms with Crippen molar-refractivity contribution in [3.05, 3.63) is 24.0 Å². The Kier molecular flexibility index (Phi) is 3.21. The molecule has 2 heterocycles. The fourth-order valence-corrected chi connectivity index (χ4v) is 1.72. The number of hydrogen-bond acceptors (Lipinski definition) is 3. The van der Waals surface area contributed by atoms with Crippen molar-refractivity contribution in [2.24, 2.45) is 0 Å². The number of ether oxygens (including phenoxy) is 1. The molecule has 0 saturated carbocycles. The van der Waals surface area contributed by atoms with Gasteiger partial charge in [0.15, 0.2) is 0 Å². The number of aromatic nitrogens is 1. The third-order valence-electron chi connectivity index (χ3n) is 2.67. The Morgan fingerprint density at radius 3 is 2.87 bits per heavy atom. The van der Waals surface area contributed by atoms with Gasteiger partial charge in [-0.25, -0.2) is 0 Å². The molecule has 1 saturated heterocycles. The van der Waals surface area contributed by atoms with E-state index in [0.717, 1.165) is 31.0 Å². The van der Waals surface area contributed by atoms with Crippen molar-refractivity contribution >= 4 is 0 Å². The minimum absolute atomic E-state index is 0.316. The molecule has 1 aromatic rings. The molecule has 0 amide bonds. The molecule has 82 valence electrons. The van der Waals surface area contributed by atoms with E-state index in [0.29, 0.717) is 12.0 Å². The van der Waals surface area contributed by atoms with E-state index >= 15 is 0 Å². The highest BCUT2D eigenvalue weighted by Crippen LogP contribution is 2.17. The monoisotopic (exact) mass is 206 g/mol. The number of nitrogens with zero attached hydrogens (tertiary/aromatic N) is 1. The van der Waals surface area contributed by atoms with Crippen LogP contribution in [0.1, 0.15) is 31.9 Å². The van der Waals surface area contributed by atoms with Gasteiger partial charge in [0.05, 0.1) is 6.20 Å². The van der Waals surface area contributed by atoms with Gasteiger partial charge in [0, 0.05) is 12.2 Å². The minimum Gasteiger partial charge on any atom is -0.487 e. The van der Waals surface area contributed by atoms with Crippen molar-refractivity contribution in [2.45, 2.75) is 32.3 Å². The van der Waals surface area contributed by atoms with E-state index < -0.39 is 0 Å². The number of pyridine rings is 1. The molecule has 3 nitrogen and oxygen atoms in total. The van der Waals surface area contributed by atoms with Crippen LogP contribution in [0.15, 0.2) is 18.3 Å². The van der Waals surface area contributed by atoms with Crippen LogP contribution in [0.25, 0.3) is 0 Å². The van der Waals surface area contributed by atoms with Crippen molar-refractivity contribution < 1.29 is 4.74 Å². The highest BCUT2D eigenvalue weighted by atomic mass is 16.5. The lowest BCUT2D eigenvalue weighted by Gasteiger charge is -2.12. The molecule has 0 bridgehead atoms. The first-order valence-corrected chi connectivity index (χ1v) is 5.59. The van der Waals surface area contributed by atoms with Crippen LogP contribution in [0.2, 0.25) is 0 Å². The quantitative estimate of drug-likeness (QED) is 0.820. The Morgan fingerprint density at radius 1 is 1.47 bits per heavy atom. The molecule has 0 radical (unpaired) electrons. The number of nitrogens with one attached hydrogen (secondary N) is 1. The summed E-state index contributed by atoms with van der Waals surface area (Å²) in [5.74, 6) is 1.36. The summed E-state index contributed by atoms with van der Waals surface area (Å²) in [6.07, 6.45) is 3.23. The van der Waals surface area contributed by atoms with Gasteiger partial charge in [0.25, 0.3) is 0 Å². The largest absolute Gasteiger partial charge is 0.487 e. The number of hydrogen-bond donors (Lipinski definition) is 1. The SMILES string of the molecule is CC(C)c1ccc(O[C@H]2CCNC2)cn1. The lowest BCUT2D eigenvalue weighted by atomic mass is 10.1. The van der Waals surface area contributed by atoms with Gasteiger partial charge in [0.2, 0.25) is 0 Å². The zero-order valence-corrected chi connectivity index (χ0v) is 9.36. The van der Waals surface area contributed by atoms with E-state index in [2.05, 4.69) is 24.1 Å². The van der Waals surface area contributed by atoms with Crippen molar-refractivity contribution in [1.29, 1.82) is 0 Å². The maximum Gasteiger partial charge on any atom is 0.138 e. The molecule has 1 N–H and O–H groups in total. The second-order valence-electron chi connectivity index (χ2n) is 4.31. The summed E-state index contributed by atoms with van der Waals surface area (Å²) >= 11 is 0. The average Bonchev–Trinajstić information content (AvgIpc) is 2.71. The zero-order valence-electron chi connectivity index (χ0n) is 9.36. The highest BCUT2D eigenvalue weighted by Gasteiger charge is 2.15. The Hall–Kier alpha value is -1.09. The summed E-state index contributed by atoms with van der Waals surface area (Å²) in [4.78, 5) is 4.37. The normalized spacial score (nSPS) is 20.9. The Labute approximate surface area is 90.9 Å². The van der Waals surface area contributed by atoms with E-state index in [1.165, 1.54) is 0 Å². The van der Waals surface area contributed by atoms with Crippen LogP contribution in [0.3, 0.4) is 0 Å². The lowest BCUT2D eigenvalue weighted by molar-refractivity contribution is 0.222. The molecule has 0 spiro atoms. The van der Waals surface area contributed by atoms with Gasteiger partial charge in [-0.05, 0) is 31.0 Å². The first-order valence-electron chi connectivity index (χ1n) is 5.59. The molecule has 1 atom stereocenters. The molecule has 3 heteroatoms. The Balaban J connectivity index is 1.97. The van der Waals surface area contributed by atoms with Crippen molar-refractivity contribution in [2.75, 3.05) is 13.1 Å². The predicted octanol–water partition coefficient (Wildman–Crippen LogP) is 1.95. The average molecular weight is 206 g/mol. The van der Waals surface area contributed by atoms with Gasteiger partial charge in [-0.3, -0.25) is 4.98 Å². The molecule has 0 aromatic carbocycles. The molecule has 2 rings (SSSR count). The fourth-order valence-electron chi connectivity index (χ4n) is 1.72. The Morgan fingerprint density at radius 2 is 2.33 bits per heavy atom. The minimum atomic E-state index is 0.316. The van der Waals surface area contributed by atoms with Crippen LogP contribution in [0.4, 0.5) is 0 Å². The van der Waals surface area contributed by atoms with Crippen LogP contribution < -0.4 is 10.1 Å². The molecular formula is C12H18N2O. The van der Waals surface area contributed by atoms with Gasteiger partial charge >= 0.3 is 0 Å². The van der Waals surface area contributed by atoms with E-state index in [9.17, 15) is 0 Å². The molecule has 0 aliphatic carbocycles. The Bertz CT molecular complexity index is 302. The molecular weight excluding hydrogens is 188 g/mol. The maximum absolute atomic E-state index is 5.79. The third-order valence-corrected chi connectivity index (χ3v) is 2.67. The van der Waals surface area contributed by atoms with Crippen LogP contribution in [-0.4, -0.2) is 24.2 Å². The smallest absolute Gasteiger partial charge is 0.138 e. The predicted molar refractivity (Wildman–Crippen MR) is 60.2 cm³/mol. The van der Waals surface area contributed by atoms with Crippen molar-refractivity contribution in [3.8, 4) is 5.75 Å². The van der Waals surface area contributed by atoms with Gasteiger partial charge in [0.1, 0.15) is 11.9 Å². The number of rotatable bonds is 3. The van der Waals surface area contributed by atoms with Gasteiger partial charge in [-0.15, -0.1) is 0 Å². The zero-order chi connectivity index (χ0) is 10.7. The molecule has 1 aliphatic heterocycles. The van der Waals surface area contributed by atoms with Crippen LogP contribution >= 0.6 is 0 Å². The summed E-state index contributed by atoms with van der Waals surface area (Å²) in [5.41, 5.74) is 1.12. The first-order chi connectivity index (χ1) is 7.25. The second-order valence-corrected chi connectivity index (χ2v) is 4.31. The molecule has 1 aliphatic rings. The van der Waals surface area contributed by atoms with Crippen LogP contribution in [-0.2, 0) is 0 Å². The summed E-state index contributed by atoms with van der Waals surface area (Å²) in [6, 6.07) is 4.06. The van der Waals surface area contributed by atoms with Crippen LogP contribution in [0.5, 0.6) is 5.75 Å². The molecule has 1 fully saturated rings. The van der Waals surface area contributed by atoms with Crippen molar-refractivity contribution in [1.82, 2.24) is 10.3 Å². The fraction of sp³-hybridized carbons (Fsp3) is 0.583. The lowest BCUT2D eigenvalue weighted by Crippen LogP contribution is -2.19. The summed E-state index contributed by atoms with van der Waals surface area (Å²) in [5, 5.41) is 3.28. The second kappa shape index (κ2) is 4.62. The van der Waals surface area contributed by atoms with Crippen molar-refractivity contribution in [3.63, 3.8) is 0 Å². The van der Waals surface area contributed by atoms with E-state index in [1.807, 2.05) is 18.3 Å². The summed E-state index contributed by atoms with van der Waals surface area (Å²) in [6.45, 7) is 6.29. The molecule has 15 heavy (non-hydrogen) atoms. The van der Waals surface area contributed by atoms with E-state index in [1.54, 1.807) is 0 Å². The summed E-state index contributed by atoms with van der Waals surface area (Å²) < 4.78 is 5.79. The first kappa shape index (κ1) is 10.4. The highest BCUT2D eigenvalue weighted by molar-refractivity contribution is 5.21. The third kappa shape index (κ3) is 2.69. The summed E-state index contributed by atoms with van der Waals surface area (Å²) in [7, 11) is 0. The molecule has 1 aromatic heterocycles. The maximum atomic E-state index is 5.79. The van der Waals surface area contributed by atoms with E-state index in [-0.39, 0.29) is 0 Å². The van der Waals surface area contributed by atoms with E-state index in [4.69, 9.17) is 4.74 Å².